The van der Waals surface area contributed by atoms with Gasteiger partial charge in [-0.3, -0.25) is 9.36 Å². The monoisotopic (exact) mass is 272 g/mol. The van der Waals surface area contributed by atoms with Crippen LogP contribution < -0.4 is 5.56 Å². The molecule has 0 aliphatic heterocycles. The Hall–Kier alpha value is -1.95. The van der Waals surface area contributed by atoms with Crippen LogP contribution in [0.4, 0.5) is 0 Å². The average Bonchev–Trinajstić information content (AvgIpc) is 2.97. The highest BCUT2D eigenvalue weighted by Crippen LogP contribution is 2.35. The number of aromatic nitrogens is 4. The lowest BCUT2D eigenvalue weighted by Crippen LogP contribution is -2.21. The molecule has 0 bridgehead atoms. The van der Waals surface area contributed by atoms with Crippen LogP contribution >= 0.6 is 11.3 Å². The Morgan fingerprint density at radius 1 is 1.37 bits per heavy atom. The van der Waals surface area contributed by atoms with E-state index in [1.54, 1.807) is 10.9 Å². The van der Waals surface area contributed by atoms with E-state index in [1.165, 1.54) is 24.2 Å². The molecule has 1 saturated carbocycles. The first-order valence-corrected chi connectivity index (χ1v) is 7.14. The van der Waals surface area contributed by atoms with Crippen molar-refractivity contribution in [3.8, 4) is 0 Å². The van der Waals surface area contributed by atoms with Crippen LogP contribution in [0.2, 0.25) is 0 Å². The third kappa shape index (κ3) is 1.79. The summed E-state index contributed by atoms with van der Waals surface area (Å²) in [6.07, 6.45) is 7.74. The van der Waals surface area contributed by atoms with Gasteiger partial charge in [-0.15, -0.1) is 11.3 Å². The van der Waals surface area contributed by atoms with Gasteiger partial charge in [-0.2, -0.15) is 0 Å². The Morgan fingerprint density at radius 2 is 2.26 bits per heavy atom. The fourth-order valence-corrected chi connectivity index (χ4v) is 3.09. The number of thiophene rings is 1. The Balaban J connectivity index is 1.76. The van der Waals surface area contributed by atoms with E-state index in [1.807, 2.05) is 24.0 Å². The minimum Gasteiger partial charge on any atom is -0.330 e. The number of hydrogen-bond acceptors (Lipinski definition) is 4. The highest BCUT2D eigenvalue weighted by Gasteiger charge is 2.25. The summed E-state index contributed by atoms with van der Waals surface area (Å²) in [4.78, 5) is 20.8. The topological polar surface area (TPSA) is 52.7 Å². The van der Waals surface area contributed by atoms with Crippen molar-refractivity contribution in [2.24, 2.45) is 0 Å². The molecule has 1 aliphatic rings. The van der Waals surface area contributed by atoms with Crippen molar-refractivity contribution in [3.63, 3.8) is 0 Å². The lowest BCUT2D eigenvalue weighted by atomic mass is 10.4. The largest absolute Gasteiger partial charge is 0.330 e. The molecule has 19 heavy (non-hydrogen) atoms. The van der Waals surface area contributed by atoms with E-state index >= 15 is 0 Å². The van der Waals surface area contributed by atoms with Crippen molar-refractivity contribution in [2.45, 2.75) is 25.4 Å². The van der Waals surface area contributed by atoms with E-state index in [0.29, 0.717) is 12.6 Å². The molecule has 5 nitrogen and oxygen atoms in total. The van der Waals surface area contributed by atoms with Crippen LogP contribution in [0.3, 0.4) is 0 Å². The number of fused-ring (bicyclic) bond motifs is 1. The van der Waals surface area contributed by atoms with Crippen molar-refractivity contribution >= 4 is 21.6 Å². The van der Waals surface area contributed by atoms with Gasteiger partial charge in [-0.05, 0) is 24.3 Å². The molecule has 0 amide bonds. The van der Waals surface area contributed by atoms with E-state index < -0.39 is 0 Å². The van der Waals surface area contributed by atoms with Gasteiger partial charge in [0.05, 0.1) is 30.4 Å². The van der Waals surface area contributed by atoms with Crippen molar-refractivity contribution in [1.29, 1.82) is 0 Å². The molecular formula is C13H12N4OS. The van der Waals surface area contributed by atoms with Gasteiger partial charge >= 0.3 is 0 Å². The van der Waals surface area contributed by atoms with Crippen LogP contribution in [-0.2, 0) is 6.54 Å². The summed E-state index contributed by atoms with van der Waals surface area (Å²) in [5.74, 6) is 0. The zero-order valence-corrected chi connectivity index (χ0v) is 11.0. The minimum absolute atomic E-state index is 0.0311. The molecule has 3 aromatic rings. The molecule has 0 saturated heterocycles. The minimum atomic E-state index is 0.0311. The summed E-state index contributed by atoms with van der Waals surface area (Å²) < 4.78 is 4.56. The molecule has 0 atom stereocenters. The number of rotatable bonds is 3. The van der Waals surface area contributed by atoms with Gasteiger partial charge in [0.25, 0.3) is 5.56 Å². The second-order valence-electron chi connectivity index (χ2n) is 4.84. The predicted octanol–water partition coefficient (Wildman–Crippen LogP) is 2.04. The number of nitrogens with zero attached hydrogens (tertiary/aromatic N) is 4. The Kier molecular flexibility index (Phi) is 2.32. The molecule has 0 spiro atoms. The molecule has 0 N–H and O–H groups in total. The molecule has 0 radical (unpaired) electrons. The first-order chi connectivity index (χ1) is 9.33. The Labute approximate surface area is 113 Å². The van der Waals surface area contributed by atoms with Gasteiger partial charge in [0.15, 0.2) is 0 Å². The molecule has 6 heteroatoms. The van der Waals surface area contributed by atoms with Crippen LogP contribution in [0.1, 0.15) is 24.6 Å². The summed E-state index contributed by atoms with van der Waals surface area (Å²) in [5.41, 5.74) is 1.88. The van der Waals surface area contributed by atoms with Crippen molar-refractivity contribution in [3.05, 3.63) is 46.3 Å². The molecule has 1 aliphatic carbocycles. The lowest BCUT2D eigenvalue weighted by Gasteiger charge is -2.08. The number of hydrogen-bond donors (Lipinski definition) is 0. The lowest BCUT2D eigenvalue weighted by molar-refractivity contribution is 0.642. The van der Waals surface area contributed by atoms with Gasteiger partial charge in [0.1, 0.15) is 4.70 Å². The van der Waals surface area contributed by atoms with Crippen molar-refractivity contribution < 1.29 is 0 Å². The highest BCUT2D eigenvalue weighted by atomic mass is 32.1. The molecule has 4 rings (SSSR count). The molecule has 3 heterocycles. The summed E-state index contributed by atoms with van der Waals surface area (Å²) in [7, 11) is 0. The van der Waals surface area contributed by atoms with E-state index in [2.05, 4.69) is 14.5 Å². The molecule has 1 fully saturated rings. The van der Waals surface area contributed by atoms with Crippen molar-refractivity contribution in [1.82, 2.24) is 19.1 Å². The summed E-state index contributed by atoms with van der Waals surface area (Å²) in [6, 6.07) is 2.45. The molecular weight excluding hydrogens is 260 g/mol. The fraction of sp³-hybridized carbons (Fsp3) is 0.308. The SMILES string of the molecule is O=c1c2sccc2ncn1Cc1cncn1C1CC1. The first-order valence-electron chi connectivity index (χ1n) is 6.26. The third-order valence-corrected chi connectivity index (χ3v) is 4.35. The van der Waals surface area contributed by atoms with Gasteiger partial charge in [-0.1, -0.05) is 0 Å². The molecule has 0 aromatic carbocycles. The zero-order chi connectivity index (χ0) is 12.8. The second kappa shape index (κ2) is 4.03. The van der Waals surface area contributed by atoms with Gasteiger partial charge in [0, 0.05) is 12.2 Å². The van der Waals surface area contributed by atoms with E-state index in [0.717, 1.165) is 15.9 Å². The van der Waals surface area contributed by atoms with E-state index in [4.69, 9.17) is 0 Å². The van der Waals surface area contributed by atoms with Crippen LogP contribution in [0.25, 0.3) is 10.2 Å². The van der Waals surface area contributed by atoms with Crippen LogP contribution in [-0.4, -0.2) is 19.1 Å². The van der Waals surface area contributed by atoms with Crippen LogP contribution in [0.15, 0.2) is 35.1 Å². The quantitative estimate of drug-likeness (QED) is 0.733. The third-order valence-electron chi connectivity index (χ3n) is 3.45. The Bertz CT molecular complexity index is 796. The van der Waals surface area contributed by atoms with Gasteiger partial charge in [-0.25, -0.2) is 9.97 Å². The highest BCUT2D eigenvalue weighted by molar-refractivity contribution is 7.17. The van der Waals surface area contributed by atoms with Gasteiger partial charge in [0.2, 0.25) is 0 Å². The van der Waals surface area contributed by atoms with Crippen LogP contribution in [0.5, 0.6) is 0 Å². The second-order valence-corrected chi connectivity index (χ2v) is 5.75. The predicted molar refractivity (Wildman–Crippen MR) is 73.5 cm³/mol. The normalized spacial score (nSPS) is 15.2. The van der Waals surface area contributed by atoms with Crippen molar-refractivity contribution in [2.75, 3.05) is 0 Å². The summed E-state index contributed by atoms with van der Waals surface area (Å²) in [6.45, 7) is 0.538. The Morgan fingerprint density at radius 3 is 3.11 bits per heavy atom. The summed E-state index contributed by atoms with van der Waals surface area (Å²) >= 11 is 1.45. The number of imidazole rings is 1. The molecule has 3 aromatic heterocycles. The molecule has 96 valence electrons. The average molecular weight is 272 g/mol. The fourth-order valence-electron chi connectivity index (χ4n) is 2.30. The maximum Gasteiger partial charge on any atom is 0.271 e. The van der Waals surface area contributed by atoms with Gasteiger partial charge < -0.3 is 4.57 Å². The maximum absolute atomic E-state index is 12.3. The van der Waals surface area contributed by atoms with Crippen LogP contribution in [0, 0.1) is 0 Å². The van der Waals surface area contributed by atoms with E-state index in [9.17, 15) is 4.79 Å². The smallest absolute Gasteiger partial charge is 0.271 e. The van der Waals surface area contributed by atoms with E-state index in [-0.39, 0.29) is 5.56 Å². The first kappa shape index (κ1) is 10.9. The summed E-state index contributed by atoms with van der Waals surface area (Å²) in [5, 5.41) is 1.90. The maximum atomic E-state index is 12.3. The standard InChI is InChI=1S/C13H12N4OS/c18-13-12-11(3-4-19-12)15-8-16(13)6-10-5-14-7-17(10)9-1-2-9/h3-5,7-9H,1-2,6H2. The zero-order valence-electron chi connectivity index (χ0n) is 10.2. The molecule has 0 unspecified atom stereocenters.